The summed E-state index contributed by atoms with van der Waals surface area (Å²) in [4.78, 5) is 24.6. The van der Waals surface area contributed by atoms with Crippen LogP contribution in [0.2, 0.25) is 0 Å². The summed E-state index contributed by atoms with van der Waals surface area (Å²) in [7, 11) is 0. The third kappa shape index (κ3) is 7.47. The van der Waals surface area contributed by atoms with Crippen LogP contribution >= 0.6 is 15.9 Å². The number of hydrogen-bond donors (Lipinski definition) is 1. The van der Waals surface area contributed by atoms with Crippen LogP contribution in [0.3, 0.4) is 0 Å². The minimum atomic E-state index is -0.523. The Morgan fingerprint density at radius 3 is 2.52 bits per heavy atom. The number of hydrazone groups is 1. The number of aryl methyl sites for hydroxylation is 1. The standard InChI is InChI=1S/C25H23BrN2O5/c1-3-31-21-10-7-18(8-11-21)25(30)33-23-12-9-20(26)14-19(23)15-27-28-24(29)16-32-22-6-4-5-17(2)13-22/h4-15H,3,16H2,1-2H3,(H,28,29)/b27-15-. The quantitative estimate of drug-likeness (QED) is 0.191. The van der Waals surface area contributed by atoms with E-state index in [0.717, 1.165) is 10.0 Å². The van der Waals surface area contributed by atoms with Gasteiger partial charge in [-0.05, 0) is 74.0 Å². The second-order valence-corrected chi connectivity index (χ2v) is 7.84. The third-order valence-electron chi connectivity index (χ3n) is 4.33. The van der Waals surface area contributed by atoms with E-state index in [1.54, 1.807) is 48.5 Å². The van der Waals surface area contributed by atoms with Crippen LogP contribution in [0.15, 0.2) is 76.3 Å². The molecule has 0 radical (unpaired) electrons. The van der Waals surface area contributed by atoms with E-state index in [2.05, 4.69) is 26.5 Å². The van der Waals surface area contributed by atoms with Crippen LogP contribution in [0.5, 0.6) is 17.2 Å². The van der Waals surface area contributed by atoms with E-state index in [1.807, 2.05) is 32.0 Å². The van der Waals surface area contributed by atoms with E-state index in [1.165, 1.54) is 6.21 Å². The maximum absolute atomic E-state index is 12.5. The highest BCUT2D eigenvalue weighted by Crippen LogP contribution is 2.23. The van der Waals surface area contributed by atoms with Crippen molar-refractivity contribution in [1.29, 1.82) is 0 Å². The Labute approximate surface area is 200 Å². The molecule has 0 fully saturated rings. The fourth-order valence-corrected chi connectivity index (χ4v) is 3.16. The zero-order chi connectivity index (χ0) is 23.6. The minimum Gasteiger partial charge on any atom is -0.494 e. The molecule has 170 valence electrons. The van der Waals surface area contributed by atoms with Gasteiger partial charge in [0.2, 0.25) is 0 Å². The number of ether oxygens (including phenoxy) is 3. The Balaban J connectivity index is 1.61. The van der Waals surface area contributed by atoms with Crippen LogP contribution in [0.4, 0.5) is 0 Å². The first-order valence-electron chi connectivity index (χ1n) is 10.2. The predicted molar refractivity (Wildman–Crippen MR) is 129 cm³/mol. The molecule has 0 heterocycles. The number of esters is 1. The SMILES string of the molecule is CCOc1ccc(C(=O)Oc2ccc(Br)cc2/C=N\NC(=O)COc2cccc(C)c2)cc1. The van der Waals surface area contributed by atoms with Gasteiger partial charge in [-0.2, -0.15) is 5.10 Å². The predicted octanol–water partition coefficient (Wildman–Crippen LogP) is 4.90. The number of halogens is 1. The minimum absolute atomic E-state index is 0.182. The summed E-state index contributed by atoms with van der Waals surface area (Å²) in [5.41, 5.74) is 4.32. The van der Waals surface area contributed by atoms with Gasteiger partial charge in [-0.3, -0.25) is 4.79 Å². The molecule has 1 N–H and O–H groups in total. The van der Waals surface area contributed by atoms with Gasteiger partial charge in [0.15, 0.2) is 6.61 Å². The van der Waals surface area contributed by atoms with Crippen molar-refractivity contribution in [2.24, 2.45) is 5.10 Å². The summed E-state index contributed by atoms with van der Waals surface area (Å²) in [6.45, 7) is 4.19. The number of amides is 1. The summed E-state index contributed by atoms with van der Waals surface area (Å²) in [5, 5.41) is 3.95. The van der Waals surface area contributed by atoms with Crippen molar-refractivity contribution >= 4 is 34.0 Å². The van der Waals surface area contributed by atoms with Crippen LogP contribution in [0, 0.1) is 6.92 Å². The Morgan fingerprint density at radius 1 is 1.00 bits per heavy atom. The van der Waals surface area contributed by atoms with Crippen molar-refractivity contribution in [3.63, 3.8) is 0 Å². The van der Waals surface area contributed by atoms with Gasteiger partial charge in [0.25, 0.3) is 5.91 Å². The molecule has 3 aromatic carbocycles. The number of carbonyl (C=O) groups excluding carboxylic acids is 2. The van der Waals surface area contributed by atoms with Crippen molar-refractivity contribution in [2.45, 2.75) is 13.8 Å². The lowest BCUT2D eigenvalue weighted by Gasteiger charge is -2.09. The van der Waals surface area contributed by atoms with Gasteiger partial charge in [0.05, 0.1) is 18.4 Å². The van der Waals surface area contributed by atoms with E-state index in [0.29, 0.717) is 35.0 Å². The van der Waals surface area contributed by atoms with Crippen molar-refractivity contribution < 1.29 is 23.8 Å². The highest BCUT2D eigenvalue weighted by Gasteiger charge is 2.12. The summed E-state index contributed by atoms with van der Waals surface area (Å²) in [6.07, 6.45) is 1.40. The molecule has 0 spiro atoms. The van der Waals surface area contributed by atoms with E-state index >= 15 is 0 Å². The lowest BCUT2D eigenvalue weighted by molar-refractivity contribution is -0.123. The number of rotatable bonds is 9. The van der Waals surface area contributed by atoms with Crippen LogP contribution in [0.25, 0.3) is 0 Å². The molecule has 1 amide bonds. The number of nitrogens with zero attached hydrogens (tertiary/aromatic N) is 1. The molecule has 0 aliphatic rings. The molecule has 33 heavy (non-hydrogen) atoms. The molecule has 8 heteroatoms. The van der Waals surface area contributed by atoms with Crippen LogP contribution < -0.4 is 19.6 Å². The zero-order valence-corrected chi connectivity index (χ0v) is 19.8. The third-order valence-corrected chi connectivity index (χ3v) is 4.82. The lowest BCUT2D eigenvalue weighted by Crippen LogP contribution is -2.24. The van der Waals surface area contributed by atoms with Gasteiger partial charge in [-0.25, -0.2) is 10.2 Å². The Bertz CT molecular complexity index is 1150. The molecule has 0 saturated heterocycles. The maximum atomic E-state index is 12.5. The average molecular weight is 511 g/mol. The Hall–Kier alpha value is -3.65. The summed E-state index contributed by atoms with van der Waals surface area (Å²) in [6, 6.07) is 19.2. The molecule has 0 aromatic heterocycles. The Kier molecular flexibility index (Phi) is 8.60. The molecule has 0 atom stereocenters. The molecule has 0 aliphatic carbocycles. The van der Waals surface area contributed by atoms with Crippen LogP contribution in [0.1, 0.15) is 28.4 Å². The topological polar surface area (TPSA) is 86.2 Å². The number of benzene rings is 3. The summed E-state index contributed by atoms with van der Waals surface area (Å²) in [5.74, 6) is 0.629. The normalized spacial score (nSPS) is 10.6. The molecule has 3 rings (SSSR count). The van der Waals surface area contributed by atoms with E-state index in [-0.39, 0.29) is 6.61 Å². The summed E-state index contributed by atoms with van der Waals surface area (Å²) >= 11 is 3.38. The van der Waals surface area contributed by atoms with Crippen molar-refractivity contribution in [2.75, 3.05) is 13.2 Å². The molecule has 0 unspecified atom stereocenters. The van der Waals surface area contributed by atoms with E-state index in [9.17, 15) is 9.59 Å². The first-order chi connectivity index (χ1) is 15.9. The fourth-order valence-electron chi connectivity index (χ4n) is 2.79. The summed E-state index contributed by atoms with van der Waals surface area (Å²) < 4.78 is 17.1. The van der Waals surface area contributed by atoms with Crippen molar-refractivity contribution in [1.82, 2.24) is 5.43 Å². The maximum Gasteiger partial charge on any atom is 0.343 e. The number of carbonyl (C=O) groups is 2. The molecule has 0 bridgehead atoms. The smallest absolute Gasteiger partial charge is 0.343 e. The van der Waals surface area contributed by atoms with Crippen LogP contribution in [-0.4, -0.2) is 31.3 Å². The molecule has 0 saturated carbocycles. The number of hydrogen-bond acceptors (Lipinski definition) is 6. The fraction of sp³-hybridized carbons (Fsp3) is 0.160. The first kappa shape index (κ1) is 24.0. The highest BCUT2D eigenvalue weighted by molar-refractivity contribution is 9.10. The van der Waals surface area contributed by atoms with Gasteiger partial charge < -0.3 is 14.2 Å². The van der Waals surface area contributed by atoms with Gasteiger partial charge in [0.1, 0.15) is 17.2 Å². The Morgan fingerprint density at radius 2 is 1.79 bits per heavy atom. The van der Waals surface area contributed by atoms with Crippen molar-refractivity contribution in [3.8, 4) is 17.2 Å². The first-order valence-corrected chi connectivity index (χ1v) is 11.0. The molecular weight excluding hydrogens is 488 g/mol. The largest absolute Gasteiger partial charge is 0.494 e. The zero-order valence-electron chi connectivity index (χ0n) is 18.2. The van der Waals surface area contributed by atoms with Gasteiger partial charge in [0, 0.05) is 10.0 Å². The monoisotopic (exact) mass is 510 g/mol. The second kappa shape index (κ2) is 11.8. The van der Waals surface area contributed by atoms with Crippen LogP contribution in [-0.2, 0) is 4.79 Å². The van der Waals surface area contributed by atoms with Crippen molar-refractivity contribution in [3.05, 3.63) is 87.9 Å². The number of nitrogens with one attached hydrogen (secondary N) is 1. The van der Waals surface area contributed by atoms with E-state index < -0.39 is 11.9 Å². The molecule has 3 aromatic rings. The average Bonchev–Trinajstić information content (AvgIpc) is 2.80. The lowest BCUT2D eigenvalue weighted by atomic mass is 10.2. The molecular formula is C25H23BrN2O5. The highest BCUT2D eigenvalue weighted by atomic mass is 79.9. The molecule has 0 aliphatic heterocycles. The van der Waals surface area contributed by atoms with Gasteiger partial charge in [-0.15, -0.1) is 0 Å². The van der Waals surface area contributed by atoms with Gasteiger partial charge in [-0.1, -0.05) is 28.1 Å². The van der Waals surface area contributed by atoms with E-state index in [4.69, 9.17) is 14.2 Å². The second-order valence-electron chi connectivity index (χ2n) is 6.93. The molecule has 7 nitrogen and oxygen atoms in total. The van der Waals surface area contributed by atoms with Gasteiger partial charge >= 0.3 is 5.97 Å².